The Hall–Kier alpha value is -1.19. The summed E-state index contributed by atoms with van der Waals surface area (Å²) >= 11 is 1.76. The first-order valence-corrected chi connectivity index (χ1v) is 6.67. The molecule has 2 N–H and O–H groups in total. The van der Waals surface area contributed by atoms with Crippen molar-refractivity contribution in [2.24, 2.45) is 5.73 Å². The van der Waals surface area contributed by atoms with Gasteiger partial charge in [0.15, 0.2) is 0 Å². The van der Waals surface area contributed by atoms with Gasteiger partial charge in [-0.1, -0.05) is 17.7 Å². The first-order valence-electron chi connectivity index (χ1n) is 5.86. The lowest BCUT2D eigenvalue weighted by atomic mass is 10.0. The number of thiazole rings is 1. The van der Waals surface area contributed by atoms with Crippen LogP contribution in [0.2, 0.25) is 0 Å². The molecule has 2 nitrogen and oxygen atoms in total. The predicted octanol–water partition coefficient (Wildman–Crippen LogP) is 3.24. The average molecular weight is 246 g/mol. The van der Waals surface area contributed by atoms with Crippen LogP contribution in [0.5, 0.6) is 0 Å². The molecule has 2 rings (SSSR count). The van der Waals surface area contributed by atoms with Crippen molar-refractivity contribution in [1.82, 2.24) is 4.98 Å². The SMILES string of the molecule is Cc1ccc(C)c(-c2nc(CCN)sc2C)c1. The molecule has 0 aliphatic heterocycles. The van der Waals surface area contributed by atoms with Crippen molar-refractivity contribution in [1.29, 1.82) is 0 Å². The fourth-order valence-electron chi connectivity index (χ4n) is 1.92. The summed E-state index contributed by atoms with van der Waals surface area (Å²) < 4.78 is 0. The number of aryl methyl sites for hydroxylation is 3. The van der Waals surface area contributed by atoms with Crippen LogP contribution in [0, 0.1) is 20.8 Å². The van der Waals surface area contributed by atoms with Crippen LogP contribution in [0.1, 0.15) is 21.0 Å². The monoisotopic (exact) mass is 246 g/mol. The van der Waals surface area contributed by atoms with E-state index in [9.17, 15) is 0 Å². The molecule has 1 aromatic carbocycles. The predicted molar refractivity (Wildman–Crippen MR) is 74.5 cm³/mol. The van der Waals surface area contributed by atoms with Crippen molar-refractivity contribution in [3.05, 3.63) is 39.2 Å². The zero-order chi connectivity index (χ0) is 12.4. The Morgan fingerprint density at radius 2 is 2.00 bits per heavy atom. The van der Waals surface area contributed by atoms with E-state index in [0.717, 1.165) is 17.1 Å². The molecular weight excluding hydrogens is 228 g/mol. The number of rotatable bonds is 3. The summed E-state index contributed by atoms with van der Waals surface area (Å²) in [6.07, 6.45) is 0.871. The van der Waals surface area contributed by atoms with Gasteiger partial charge in [0.2, 0.25) is 0 Å². The second-order valence-electron chi connectivity index (χ2n) is 4.37. The molecule has 0 aliphatic rings. The molecule has 1 heterocycles. The van der Waals surface area contributed by atoms with E-state index in [1.807, 2.05) is 0 Å². The lowest BCUT2D eigenvalue weighted by molar-refractivity contribution is 0.954. The molecule has 1 aromatic heterocycles. The van der Waals surface area contributed by atoms with E-state index in [1.54, 1.807) is 11.3 Å². The highest BCUT2D eigenvalue weighted by Crippen LogP contribution is 2.30. The van der Waals surface area contributed by atoms with Crippen LogP contribution in [0.15, 0.2) is 18.2 Å². The number of nitrogens with zero attached hydrogens (tertiary/aromatic N) is 1. The maximum absolute atomic E-state index is 5.58. The van der Waals surface area contributed by atoms with E-state index in [-0.39, 0.29) is 0 Å². The number of hydrogen-bond acceptors (Lipinski definition) is 3. The van der Waals surface area contributed by atoms with Gasteiger partial charge in [0.1, 0.15) is 0 Å². The summed E-state index contributed by atoms with van der Waals surface area (Å²) in [5.74, 6) is 0. The van der Waals surface area contributed by atoms with Crippen molar-refractivity contribution >= 4 is 11.3 Å². The molecule has 0 bridgehead atoms. The summed E-state index contributed by atoms with van der Waals surface area (Å²) in [6, 6.07) is 6.51. The van der Waals surface area contributed by atoms with Crippen LogP contribution < -0.4 is 5.73 Å². The number of aromatic nitrogens is 1. The van der Waals surface area contributed by atoms with Gasteiger partial charge in [-0.2, -0.15) is 0 Å². The highest BCUT2D eigenvalue weighted by molar-refractivity contribution is 7.12. The molecule has 0 fully saturated rings. The summed E-state index contributed by atoms with van der Waals surface area (Å²) in [5.41, 5.74) is 10.5. The zero-order valence-electron chi connectivity index (χ0n) is 10.6. The highest BCUT2D eigenvalue weighted by atomic mass is 32.1. The Balaban J connectivity index is 2.48. The highest BCUT2D eigenvalue weighted by Gasteiger charge is 2.11. The number of nitrogens with two attached hydrogens (primary N) is 1. The van der Waals surface area contributed by atoms with E-state index in [0.29, 0.717) is 6.54 Å². The normalized spacial score (nSPS) is 10.8. The Labute approximate surface area is 107 Å². The third kappa shape index (κ3) is 2.56. The van der Waals surface area contributed by atoms with E-state index >= 15 is 0 Å². The fraction of sp³-hybridized carbons (Fsp3) is 0.357. The van der Waals surface area contributed by atoms with Crippen LogP contribution in [-0.4, -0.2) is 11.5 Å². The molecule has 0 amide bonds. The molecule has 0 aliphatic carbocycles. The van der Waals surface area contributed by atoms with Gasteiger partial charge >= 0.3 is 0 Å². The van der Waals surface area contributed by atoms with E-state index in [1.165, 1.54) is 21.6 Å². The Morgan fingerprint density at radius 1 is 1.24 bits per heavy atom. The van der Waals surface area contributed by atoms with Crippen molar-refractivity contribution in [3.8, 4) is 11.3 Å². The zero-order valence-corrected chi connectivity index (χ0v) is 11.4. The van der Waals surface area contributed by atoms with Gasteiger partial charge in [-0.05, 0) is 38.9 Å². The quantitative estimate of drug-likeness (QED) is 0.903. The van der Waals surface area contributed by atoms with E-state index in [4.69, 9.17) is 10.7 Å². The van der Waals surface area contributed by atoms with Gasteiger partial charge in [-0.3, -0.25) is 0 Å². The lowest BCUT2D eigenvalue weighted by Gasteiger charge is -2.05. The van der Waals surface area contributed by atoms with Crippen molar-refractivity contribution in [3.63, 3.8) is 0 Å². The second-order valence-corrected chi connectivity index (χ2v) is 5.66. The first kappa shape index (κ1) is 12.3. The maximum atomic E-state index is 5.58. The van der Waals surface area contributed by atoms with Crippen LogP contribution in [0.3, 0.4) is 0 Å². The maximum Gasteiger partial charge on any atom is 0.0947 e. The summed E-state index contributed by atoms with van der Waals surface area (Å²) in [7, 11) is 0. The largest absolute Gasteiger partial charge is 0.330 e. The standard InChI is InChI=1S/C14H18N2S/c1-9-4-5-10(2)12(8-9)14-11(3)17-13(16-14)6-7-15/h4-5,8H,6-7,15H2,1-3H3. The fourth-order valence-corrected chi connectivity index (χ4v) is 2.89. The minimum Gasteiger partial charge on any atom is -0.330 e. The van der Waals surface area contributed by atoms with Crippen molar-refractivity contribution in [2.45, 2.75) is 27.2 Å². The lowest BCUT2D eigenvalue weighted by Crippen LogP contribution is -2.02. The molecule has 2 aromatic rings. The van der Waals surface area contributed by atoms with E-state index < -0.39 is 0 Å². The second kappa shape index (κ2) is 4.98. The van der Waals surface area contributed by atoms with E-state index in [2.05, 4.69) is 39.0 Å². The van der Waals surface area contributed by atoms with Gasteiger partial charge < -0.3 is 5.73 Å². The van der Waals surface area contributed by atoms with Crippen molar-refractivity contribution < 1.29 is 0 Å². The smallest absolute Gasteiger partial charge is 0.0947 e. The Bertz CT molecular complexity index is 529. The number of hydrogen-bond donors (Lipinski definition) is 1. The van der Waals surface area contributed by atoms with Crippen molar-refractivity contribution in [2.75, 3.05) is 6.54 Å². The van der Waals surface area contributed by atoms with Crippen LogP contribution in [-0.2, 0) is 6.42 Å². The first-order chi connectivity index (χ1) is 8.11. The molecule has 0 radical (unpaired) electrons. The van der Waals surface area contributed by atoms with Crippen LogP contribution >= 0.6 is 11.3 Å². The van der Waals surface area contributed by atoms with Crippen LogP contribution in [0.4, 0.5) is 0 Å². The van der Waals surface area contributed by atoms with Gasteiger partial charge in [-0.15, -0.1) is 11.3 Å². The van der Waals surface area contributed by atoms with Gasteiger partial charge in [-0.25, -0.2) is 4.98 Å². The minimum atomic E-state index is 0.666. The Morgan fingerprint density at radius 3 is 2.71 bits per heavy atom. The third-order valence-corrected chi connectivity index (χ3v) is 3.88. The molecule has 0 spiro atoms. The summed E-state index contributed by atoms with van der Waals surface area (Å²) in [4.78, 5) is 5.99. The number of benzene rings is 1. The average Bonchev–Trinajstić information content (AvgIpc) is 2.64. The summed E-state index contributed by atoms with van der Waals surface area (Å²) in [6.45, 7) is 7.05. The third-order valence-electron chi connectivity index (χ3n) is 2.85. The molecule has 0 saturated heterocycles. The Kier molecular flexibility index (Phi) is 3.60. The molecule has 0 unspecified atom stereocenters. The molecule has 0 saturated carbocycles. The molecule has 17 heavy (non-hydrogen) atoms. The van der Waals surface area contributed by atoms with Crippen LogP contribution in [0.25, 0.3) is 11.3 Å². The van der Waals surface area contributed by atoms with Gasteiger partial charge in [0.25, 0.3) is 0 Å². The minimum absolute atomic E-state index is 0.666. The van der Waals surface area contributed by atoms with Gasteiger partial charge in [0, 0.05) is 16.9 Å². The summed E-state index contributed by atoms with van der Waals surface area (Å²) in [5, 5.41) is 1.14. The van der Waals surface area contributed by atoms with Gasteiger partial charge in [0.05, 0.1) is 10.7 Å². The molecular formula is C14H18N2S. The topological polar surface area (TPSA) is 38.9 Å². The molecule has 3 heteroatoms. The molecule has 90 valence electrons. The molecule has 0 atom stereocenters.